The Morgan fingerprint density at radius 2 is 2.10 bits per heavy atom. The standard InChI is InChI=1S/C12H16FN3O4S/c13-9-2-1-3-10(11(9)12(14)15-17)16-21(18,19)8-4-6-20-7-5-8/h1-3,8,16-17H,4-7H2,(H2,14,15). The first kappa shape index (κ1) is 15.5. The van der Waals surface area contributed by atoms with Gasteiger partial charge in [0.2, 0.25) is 10.0 Å². The average molecular weight is 317 g/mol. The van der Waals surface area contributed by atoms with Crippen molar-refractivity contribution in [1.29, 1.82) is 0 Å². The molecule has 0 bridgehead atoms. The number of nitrogens with zero attached hydrogens (tertiary/aromatic N) is 1. The Balaban J connectivity index is 2.33. The Morgan fingerprint density at radius 3 is 2.71 bits per heavy atom. The molecule has 0 spiro atoms. The number of benzene rings is 1. The number of anilines is 1. The van der Waals surface area contributed by atoms with E-state index in [4.69, 9.17) is 15.7 Å². The van der Waals surface area contributed by atoms with Gasteiger partial charge >= 0.3 is 0 Å². The van der Waals surface area contributed by atoms with E-state index in [1.54, 1.807) is 0 Å². The smallest absolute Gasteiger partial charge is 0.235 e. The first-order valence-corrected chi connectivity index (χ1v) is 7.86. The largest absolute Gasteiger partial charge is 0.409 e. The molecule has 1 fully saturated rings. The van der Waals surface area contributed by atoms with Gasteiger partial charge in [-0.25, -0.2) is 12.8 Å². The zero-order valence-electron chi connectivity index (χ0n) is 11.1. The van der Waals surface area contributed by atoms with Gasteiger partial charge in [0.1, 0.15) is 5.82 Å². The second-order valence-electron chi connectivity index (χ2n) is 4.61. The van der Waals surface area contributed by atoms with Gasteiger partial charge in [0.25, 0.3) is 0 Å². The van der Waals surface area contributed by atoms with Gasteiger partial charge in [0.05, 0.1) is 16.5 Å². The first-order valence-electron chi connectivity index (χ1n) is 6.31. The molecule has 0 atom stereocenters. The summed E-state index contributed by atoms with van der Waals surface area (Å²) in [7, 11) is -3.71. The molecule has 116 valence electrons. The fraction of sp³-hybridized carbons (Fsp3) is 0.417. The molecule has 21 heavy (non-hydrogen) atoms. The Labute approximate surface area is 121 Å². The molecule has 0 saturated carbocycles. The summed E-state index contributed by atoms with van der Waals surface area (Å²) in [5.41, 5.74) is 5.06. The molecule has 1 heterocycles. The summed E-state index contributed by atoms with van der Waals surface area (Å²) >= 11 is 0. The summed E-state index contributed by atoms with van der Waals surface area (Å²) in [5, 5.41) is 10.8. The minimum atomic E-state index is -3.71. The molecule has 0 radical (unpaired) electrons. The molecule has 7 nitrogen and oxygen atoms in total. The lowest BCUT2D eigenvalue weighted by Gasteiger charge is -2.23. The van der Waals surface area contributed by atoms with Crippen molar-refractivity contribution in [1.82, 2.24) is 0 Å². The number of halogens is 1. The number of nitrogens with one attached hydrogen (secondary N) is 1. The number of nitrogens with two attached hydrogens (primary N) is 1. The van der Waals surface area contributed by atoms with E-state index in [9.17, 15) is 12.8 Å². The van der Waals surface area contributed by atoms with E-state index in [-0.39, 0.29) is 11.3 Å². The molecule has 0 aromatic heterocycles. The van der Waals surface area contributed by atoms with Crippen molar-refractivity contribution in [2.24, 2.45) is 10.9 Å². The van der Waals surface area contributed by atoms with E-state index < -0.39 is 26.9 Å². The van der Waals surface area contributed by atoms with Gasteiger partial charge in [-0.05, 0) is 25.0 Å². The minimum absolute atomic E-state index is 0.0585. The number of oxime groups is 1. The number of hydrogen-bond donors (Lipinski definition) is 3. The predicted octanol–water partition coefficient (Wildman–Crippen LogP) is 0.841. The third-order valence-electron chi connectivity index (χ3n) is 3.24. The van der Waals surface area contributed by atoms with Gasteiger partial charge in [-0.2, -0.15) is 0 Å². The number of ether oxygens (including phenoxy) is 1. The van der Waals surface area contributed by atoms with Gasteiger partial charge in [-0.3, -0.25) is 4.72 Å². The summed E-state index contributed by atoms with van der Waals surface area (Å²) in [6.45, 7) is 0.726. The van der Waals surface area contributed by atoms with E-state index in [1.807, 2.05) is 0 Å². The number of sulfonamides is 1. The number of hydrogen-bond acceptors (Lipinski definition) is 5. The first-order chi connectivity index (χ1) is 9.95. The van der Waals surface area contributed by atoms with Crippen molar-refractivity contribution < 1.29 is 22.8 Å². The van der Waals surface area contributed by atoms with Crippen LogP contribution in [0.15, 0.2) is 23.4 Å². The highest BCUT2D eigenvalue weighted by Gasteiger charge is 2.29. The van der Waals surface area contributed by atoms with Gasteiger partial charge < -0.3 is 15.7 Å². The summed E-state index contributed by atoms with van der Waals surface area (Å²) in [5.74, 6) is -1.28. The number of rotatable bonds is 4. The van der Waals surface area contributed by atoms with Crippen LogP contribution in [0.25, 0.3) is 0 Å². The molecule has 2 rings (SSSR count). The molecule has 4 N–H and O–H groups in total. The van der Waals surface area contributed by atoms with Crippen molar-refractivity contribution in [3.63, 3.8) is 0 Å². The second kappa shape index (κ2) is 6.27. The molecule has 1 saturated heterocycles. The van der Waals surface area contributed by atoms with Crippen LogP contribution in [0.4, 0.5) is 10.1 Å². The zero-order valence-corrected chi connectivity index (χ0v) is 11.9. The summed E-state index contributed by atoms with van der Waals surface area (Å²) in [6.07, 6.45) is 0.729. The van der Waals surface area contributed by atoms with Gasteiger partial charge in [0, 0.05) is 13.2 Å². The Kier molecular flexibility index (Phi) is 4.63. The van der Waals surface area contributed by atoms with E-state index in [0.29, 0.717) is 26.1 Å². The van der Waals surface area contributed by atoms with Crippen LogP contribution < -0.4 is 10.5 Å². The molecular weight excluding hydrogens is 301 g/mol. The van der Waals surface area contributed by atoms with Crippen LogP contribution in [0.5, 0.6) is 0 Å². The summed E-state index contributed by atoms with van der Waals surface area (Å²) in [4.78, 5) is 0. The third-order valence-corrected chi connectivity index (χ3v) is 5.09. The molecule has 0 unspecified atom stereocenters. The predicted molar refractivity (Wildman–Crippen MR) is 75.3 cm³/mol. The maximum Gasteiger partial charge on any atom is 0.235 e. The van der Waals surface area contributed by atoms with Gasteiger partial charge in [-0.15, -0.1) is 0 Å². The highest BCUT2D eigenvalue weighted by molar-refractivity contribution is 7.93. The highest BCUT2D eigenvalue weighted by atomic mass is 32.2. The van der Waals surface area contributed by atoms with Crippen LogP contribution in [0, 0.1) is 5.82 Å². The topological polar surface area (TPSA) is 114 Å². The zero-order chi connectivity index (χ0) is 15.5. The van der Waals surface area contributed by atoms with E-state index in [0.717, 1.165) is 6.07 Å². The van der Waals surface area contributed by atoms with E-state index in [1.165, 1.54) is 12.1 Å². The monoisotopic (exact) mass is 317 g/mol. The minimum Gasteiger partial charge on any atom is -0.409 e. The van der Waals surface area contributed by atoms with Crippen LogP contribution in [-0.2, 0) is 14.8 Å². The van der Waals surface area contributed by atoms with Crippen molar-refractivity contribution in [3.8, 4) is 0 Å². The maximum atomic E-state index is 13.8. The molecule has 1 aliphatic heterocycles. The van der Waals surface area contributed by atoms with Crippen LogP contribution in [-0.4, -0.2) is 37.9 Å². The van der Waals surface area contributed by atoms with E-state index >= 15 is 0 Å². The summed E-state index contributed by atoms with van der Waals surface area (Å²) < 4.78 is 45.8. The van der Waals surface area contributed by atoms with Gasteiger partial charge in [0.15, 0.2) is 5.84 Å². The second-order valence-corrected chi connectivity index (χ2v) is 6.57. The Morgan fingerprint density at radius 1 is 1.43 bits per heavy atom. The quantitative estimate of drug-likeness (QED) is 0.329. The fourth-order valence-electron chi connectivity index (χ4n) is 2.14. The van der Waals surface area contributed by atoms with Crippen molar-refractivity contribution in [3.05, 3.63) is 29.6 Å². The van der Waals surface area contributed by atoms with E-state index in [2.05, 4.69) is 9.88 Å². The third kappa shape index (κ3) is 3.42. The Bertz CT molecular complexity index is 642. The van der Waals surface area contributed by atoms with Crippen LogP contribution >= 0.6 is 0 Å². The molecule has 0 amide bonds. The number of amidine groups is 1. The molecular formula is C12H16FN3O4S. The van der Waals surface area contributed by atoms with Crippen molar-refractivity contribution in [2.75, 3.05) is 17.9 Å². The SMILES string of the molecule is NC(=NO)c1c(F)cccc1NS(=O)(=O)C1CCOCC1. The van der Waals surface area contributed by atoms with Crippen molar-refractivity contribution in [2.45, 2.75) is 18.1 Å². The molecule has 0 aliphatic carbocycles. The normalized spacial score (nSPS) is 17.7. The molecule has 1 aliphatic rings. The maximum absolute atomic E-state index is 13.8. The van der Waals surface area contributed by atoms with Crippen LogP contribution in [0.3, 0.4) is 0 Å². The van der Waals surface area contributed by atoms with Gasteiger partial charge in [-0.1, -0.05) is 11.2 Å². The van der Waals surface area contributed by atoms with Crippen LogP contribution in [0.1, 0.15) is 18.4 Å². The Hall–Kier alpha value is -1.87. The molecule has 1 aromatic carbocycles. The summed E-state index contributed by atoms with van der Waals surface area (Å²) in [6, 6.07) is 3.79. The van der Waals surface area contributed by atoms with Crippen molar-refractivity contribution >= 4 is 21.5 Å². The fourth-order valence-corrected chi connectivity index (χ4v) is 3.60. The lowest BCUT2D eigenvalue weighted by molar-refractivity contribution is 0.0984. The average Bonchev–Trinajstić information content (AvgIpc) is 2.47. The lowest BCUT2D eigenvalue weighted by atomic mass is 10.1. The molecule has 1 aromatic rings. The lowest BCUT2D eigenvalue weighted by Crippen LogP contribution is -2.34. The molecule has 9 heteroatoms. The van der Waals surface area contributed by atoms with Crippen LogP contribution in [0.2, 0.25) is 0 Å². The highest BCUT2D eigenvalue weighted by Crippen LogP contribution is 2.23.